The van der Waals surface area contributed by atoms with Gasteiger partial charge >= 0.3 is 0 Å². The Bertz CT molecular complexity index is 1110. The van der Waals surface area contributed by atoms with E-state index in [9.17, 15) is 0 Å². The number of nitrogens with one attached hydrogen (secondary N) is 1. The summed E-state index contributed by atoms with van der Waals surface area (Å²) in [5.41, 5.74) is 4.00. The number of alkyl halides is 1. The number of H-pyrrole nitrogens is 1. The van der Waals surface area contributed by atoms with Gasteiger partial charge in [0.05, 0.1) is 23.4 Å². The molecular weight excluding hydrogens is 441 g/mol. The molecule has 7 nitrogen and oxygen atoms in total. The van der Waals surface area contributed by atoms with Gasteiger partial charge in [0.15, 0.2) is 11.3 Å². The zero-order valence-electron chi connectivity index (χ0n) is 14.1. The molecule has 0 amide bonds. The Balaban J connectivity index is 1.38. The highest BCUT2D eigenvalue weighted by molar-refractivity contribution is 14.1. The molecule has 132 valence electrons. The van der Waals surface area contributed by atoms with Crippen LogP contribution in [0.3, 0.4) is 0 Å². The van der Waals surface area contributed by atoms with Crippen molar-refractivity contribution in [3.63, 3.8) is 0 Å². The van der Waals surface area contributed by atoms with Crippen LogP contribution in [0.5, 0.6) is 0 Å². The summed E-state index contributed by atoms with van der Waals surface area (Å²) in [6.07, 6.45) is 10.6. The molecule has 2 aliphatic carbocycles. The number of rotatable bonds is 3. The number of halogens is 1. The minimum absolute atomic E-state index is 0.365. The van der Waals surface area contributed by atoms with Gasteiger partial charge < -0.3 is 4.98 Å². The lowest BCUT2D eigenvalue weighted by atomic mass is 10.1. The highest BCUT2D eigenvalue weighted by Crippen LogP contribution is 2.45. The zero-order valence-corrected chi connectivity index (χ0v) is 16.2. The van der Waals surface area contributed by atoms with Gasteiger partial charge in [-0.2, -0.15) is 5.10 Å². The van der Waals surface area contributed by atoms with Crippen LogP contribution in [0.15, 0.2) is 30.7 Å². The second-order valence-electron chi connectivity index (χ2n) is 7.46. The van der Waals surface area contributed by atoms with E-state index < -0.39 is 0 Å². The Kier molecular flexibility index (Phi) is 3.21. The quantitative estimate of drug-likeness (QED) is 0.375. The van der Waals surface area contributed by atoms with Crippen molar-refractivity contribution in [2.24, 2.45) is 0 Å². The molecule has 0 spiro atoms. The minimum Gasteiger partial charge on any atom is -0.345 e. The first-order chi connectivity index (χ1) is 12.8. The smallest absolute Gasteiger partial charge is 0.179 e. The van der Waals surface area contributed by atoms with Gasteiger partial charge in [0.25, 0.3) is 0 Å². The molecule has 4 aromatic heterocycles. The van der Waals surface area contributed by atoms with Crippen LogP contribution in [-0.4, -0.2) is 38.3 Å². The van der Waals surface area contributed by atoms with E-state index in [1.807, 2.05) is 12.3 Å². The van der Waals surface area contributed by atoms with Crippen molar-refractivity contribution < 1.29 is 0 Å². The summed E-state index contributed by atoms with van der Waals surface area (Å²) in [7, 11) is 0. The Morgan fingerprint density at radius 2 is 2.08 bits per heavy atom. The largest absolute Gasteiger partial charge is 0.345 e. The molecular formula is C18H18IN7. The van der Waals surface area contributed by atoms with Crippen LogP contribution in [0.1, 0.15) is 55.1 Å². The van der Waals surface area contributed by atoms with Crippen molar-refractivity contribution in [1.82, 2.24) is 34.3 Å². The summed E-state index contributed by atoms with van der Waals surface area (Å²) in [6, 6.07) is 4.69. The maximum Gasteiger partial charge on any atom is 0.179 e. The molecule has 0 radical (unpaired) electrons. The first-order valence-electron chi connectivity index (χ1n) is 9.14. The summed E-state index contributed by atoms with van der Waals surface area (Å²) >= 11 is 2.58. The van der Waals surface area contributed by atoms with E-state index in [2.05, 4.69) is 64.1 Å². The Hall–Kier alpha value is -1.97. The van der Waals surface area contributed by atoms with Gasteiger partial charge in [0.1, 0.15) is 5.82 Å². The monoisotopic (exact) mass is 459 g/mol. The second kappa shape index (κ2) is 5.51. The second-order valence-corrected chi connectivity index (χ2v) is 9.06. The normalized spacial score (nSPS) is 26.3. The van der Waals surface area contributed by atoms with E-state index in [0.29, 0.717) is 21.8 Å². The number of hydrogen-bond donors (Lipinski definition) is 1. The van der Waals surface area contributed by atoms with Crippen LogP contribution in [0.4, 0.5) is 0 Å². The predicted molar refractivity (Wildman–Crippen MR) is 106 cm³/mol. The average molecular weight is 459 g/mol. The topological polar surface area (TPSA) is 76.7 Å². The summed E-state index contributed by atoms with van der Waals surface area (Å²) < 4.78 is 4.87. The molecule has 0 unspecified atom stereocenters. The van der Waals surface area contributed by atoms with Gasteiger partial charge in [-0.15, -0.1) is 10.2 Å². The molecule has 3 atom stereocenters. The van der Waals surface area contributed by atoms with Gasteiger partial charge in [-0.25, -0.2) is 4.98 Å². The molecule has 2 aliphatic rings. The first kappa shape index (κ1) is 15.1. The highest BCUT2D eigenvalue weighted by Gasteiger charge is 2.38. The molecule has 8 heteroatoms. The summed E-state index contributed by atoms with van der Waals surface area (Å²) in [6.45, 7) is 0. The maximum absolute atomic E-state index is 4.86. The van der Waals surface area contributed by atoms with Crippen molar-refractivity contribution in [2.75, 3.05) is 0 Å². The van der Waals surface area contributed by atoms with Gasteiger partial charge in [0, 0.05) is 28.2 Å². The molecule has 0 aromatic carbocycles. The molecule has 0 aliphatic heterocycles. The predicted octanol–water partition coefficient (Wildman–Crippen LogP) is 3.60. The lowest BCUT2D eigenvalue weighted by Crippen LogP contribution is -2.09. The van der Waals surface area contributed by atoms with Gasteiger partial charge in [0.2, 0.25) is 0 Å². The van der Waals surface area contributed by atoms with E-state index >= 15 is 0 Å². The lowest BCUT2D eigenvalue weighted by Gasteiger charge is -2.12. The summed E-state index contributed by atoms with van der Waals surface area (Å²) in [5, 5.41) is 13.8. The molecule has 4 heterocycles. The average Bonchev–Trinajstić information content (AvgIpc) is 3.05. The number of aromatic nitrogens is 7. The molecule has 1 N–H and O–H groups in total. The van der Waals surface area contributed by atoms with Gasteiger partial charge in [-0.1, -0.05) is 22.6 Å². The van der Waals surface area contributed by atoms with E-state index in [0.717, 1.165) is 35.5 Å². The molecule has 6 rings (SSSR count). The van der Waals surface area contributed by atoms with Crippen LogP contribution in [-0.2, 0) is 0 Å². The standard InChI is InChI=1S/C18H18IN7/c19-13-8-11(25-6-4-14(24-25)10-1-2-10)7-12(13)18-23-22-16-9-21-17-15(26(16)18)3-5-20-17/h3-6,9-13,20H,1-2,7-8H2/t11-,12+,13-/m1/s1. The number of aromatic amines is 1. The van der Waals surface area contributed by atoms with Crippen molar-refractivity contribution in [3.8, 4) is 0 Å². The molecule has 2 saturated carbocycles. The molecule has 26 heavy (non-hydrogen) atoms. The SMILES string of the molecule is I[C@@H]1C[C@H](n2ccc(C3CC3)n2)C[C@@H]1c1nnc2cnc3[nH]ccc3n12. The third-order valence-corrected chi connectivity index (χ3v) is 7.13. The Morgan fingerprint density at radius 3 is 2.96 bits per heavy atom. The maximum atomic E-state index is 4.86. The number of nitrogens with zero attached hydrogens (tertiary/aromatic N) is 6. The molecule has 0 bridgehead atoms. The first-order valence-corrected chi connectivity index (χ1v) is 10.4. The number of hydrogen-bond acceptors (Lipinski definition) is 4. The van der Waals surface area contributed by atoms with E-state index in [1.165, 1.54) is 18.5 Å². The van der Waals surface area contributed by atoms with Crippen LogP contribution in [0.2, 0.25) is 0 Å². The number of fused-ring (bicyclic) bond motifs is 3. The fourth-order valence-electron chi connectivity index (χ4n) is 4.24. The van der Waals surface area contributed by atoms with Crippen molar-refractivity contribution >= 4 is 39.4 Å². The van der Waals surface area contributed by atoms with Crippen LogP contribution >= 0.6 is 22.6 Å². The van der Waals surface area contributed by atoms with Crippen LogP contribution in [0, 0.1) is 0 Å². The third-order valence-electron chi connectivity index (χ3n) is 5.76. The van der Waals surface area contributed by atoms with E-state index in [1.54, 1.807) is 6.20 Å². The highest BCUT2D eigenvalue weighted by atomic mass is 127. The van der Waals surface area contributed by atoms with Gasteiger partial charge in [-0.05, 0) is 37.8 Å². The van der Waals surface area contributed by atoms with E-state index in [4.69, 9.17) is 5.10 Å². The molecule has 2 fully saturated rings. The molecule has 0 saturated heterocycles. The van der Waals surface area contributed by atoms with Crippen LogP contribution in [0.25, 0.3) is 16.8 Å². The summed E-state index contributed by atoms with van der Waals surface area (Å²) in [4.78, 5) is 7.60. The van der Waals surface area contributed by atoms with Crippen LogP contribution < -0.4 is 0 Å². The zero-order chi connectivity index (χ0) is 17.3. The third kappa shape index (κ3) is 2.23. The lowest BCUT2D eigenvalue weighted by molar-refractivity contribution is 0.455. The molecule has 4 aromatic rings. The minimum atomic E-state index is 0.365. The fourth-order valence-corrected chi connectivity index (χ4v) is 5.44. The van der Waals surface area contributed by atoms with Gasteiger partial charge in [-0.3, -0.25) is 9.08 Å². The van der Waals surface area contributed by atoms with E-state index in [-0.39, 0.29) is 0 Å². The van der Waals surface area contributed by atoms with Crippen molar-refractivity contribution in [3.05, 3.63) is 42.2 Å². The Morgan fingerprint density at radius 1 is 1.15 bits per heavy atom. The summed E-state index contributed by atoms with van der Waals surface area (Å²) in [5.74, 6) is 2.12. The van der Waals surface area contributed by atoms with Crippen molar-refractivity contribution in [1.29, 1.82) is 0 Å². The Labute approximate surface area is 163 Å². The fraction of sp³-hybridized carbons (Fsp3) is 0.444. The van der Waals surface area contributed by atoms with Crippen molar-refractivity contribution in [2.45, 2.75) is 47.5 Å².